The first-order chi connectivity index (χ1) is 20.4. The Morgan fingerprint density at radius 3 is 2.19 bits per heavy atom. The summed E-state index contributed by atoms with van der Waals surface area (Å²) in [5.41, 5.74) is 2.04. The van der Waals surface area contributed by atoms with Gasteiger partial charge in [0.1, 0.15) is 22.9 Å². The minimum absolute atomic E-state index is 0.0126. The number of thioether (sulfide) groups is 1. The van der Waals surface area contributed by atoms with Crippen LogP contribution in [0.4, 0.5) is 5.69 Å². The number of hydrogen-bond donors (Lipinski definition) is 2. The molecular formula is C33H30N2O6S. The number of amides is 2. The average Bonchev–Trinajstić information content (AvgIpc) is 3.03. The second-order valence-electron chi connectivity index (χ2n) is 8.91. The van der Waals surface area contributed by atoms with Gasteiger partial charge in [0.2, 0.25) is 0 Å². The van der Waals surface area contributed by atoms with Gasteiger partial charge in [0.25, 0.3) is 11.8 Å². The van der Waals surface area contributed by atoms with Crippen LogP contribution in [-0.4, -0.2) is 44.7 Å². The van der Waals surface area contributed by atoms with Crippen molar-refractivity contribution in [2.45, 2.75) is 4.90 Å². The molecule has 0 aliphatic carbocycles. The predicted octanol–water partition coefficient (Wildman–Crippen LogP) is 6.10. The lowest BCUT2D eigenvalue weighted by Crippen LogP contribution is -2.30. The number of anilines is 1. The maximum Gasteiger partial charge on any atom is 0.272 e. The van der Waals surface area contributed by atoms with E-state index in [0.29, 0.717) is 39.6 Å². The van der Waals surface area contributed by atoms with Crippen LogP contribution in [0.3, 0.4) is 0 Å². The topological polar surface area (TPSA) is 103 Å². The Kier molecular flexibility index (Phi) is 10.4. The Labute approximate surface area is 248 Å². The Bertz CT molecular complexity index is 1600. The molecule has 0 aromatic heterocycles. The molecule has 2 N–H and O–H groups in total. The van der Waals surface area contributed by atoms with E-state index in [-0.39, 0.29) is 17.2 Å². The zero-order valence-electron chi connectivity index (χ0n) is 23.4. The van der Waals surface area contributed by atoms with Crippen molar-refractivity contribution < 1.29 is 28.6 Å². The molecule has 214 valence electrons. The average molecular weight is 583 g/mol. The Balaban J connectivity index is 1.53. The fraction of sp³-hybridized carbons (Fsp3) is 0.121. The number of nitrogens with one attached hydrogen (secondary N) is 2. The lowest BCUT2D eigenvalue weighted by molar-refractivity contribution is -0.113. The Morgan fingerprint density at radius 2 is 1.45 bits per heavy atom. The second-order valence-corrected chi connectivity index (χ2v) is 9.96. The highest BCUT2D eigenvalue weighted by atomic mass is 32.2. The van der Waals surface area contributed by atoms with Crippen molar-refractivity contribution in [2.75, 3.05) is 32.4 Å². The number of Topliss-reactive ketones (excluding diaryl/α,β-unsaturated/α-hetero) is 1. The summed E-state index contributed by atoms with van der Waals surface area (Å²) in [6, 6.07) is 27.9. The SMILES string of the molecule is COc1cccc(C(=O)CSc2cccc(NC(=O)/C(=C/c3ccc(OC)cc3OC)NC(=O)c3ccccc3)c2)c1. The van der Waals surface area contributed by atoms with Gasteiger partial charge in [-0.3, -0.25) is 14.4 Å². The van der Waals surface area contributed by atoms with E-state index in [4.69, 9.17) is 14.2 Å². The normalized spacial score (nSPS) is 10.9. The van der Waals surface area contributed by atoms with Crippen LogP contribution in [-0.2, 0) is 4.79 Å². The molecule has 4 rings (SSSR count). The number of carbonyl (C=O) groups is 3. The number of ether oxygens (including phenoxy) is 3. The first-order valence-electron chi connectivity index (χ1n) is 12.9. The third-order valence-corrected chi connectivity index (χ3v) is 7.12. The molecule has 0 spiro atoms. The Hall–Kier alpha value is -5.02. The third-order valence-electron chi connectivity index (χ3n) is 6.12. The smallest absolute Gasteiger partial charge is 0.272 e. The van der Waals surface area contributed by atoms with Crippen molar-refractivity contribution in [3.63, 3.8) is 0 Å². The molecule has 0 saturated heterocycles. The van der Waals surface area contributed by atoms with E-state index in [1.165, 1.54) is 18.9 Å². The van der Waals surface area contributed by atoms with Crippen LogP contribution < -0.4 is 24.8 Å². The number of rotatable bonds is 12. The summed E-state index contributed by atoms with van der Waals surface area (Å²) in [6.07, 6.45) is 1.54. The molecule has 4 aromatic carbocycles. The van der Waals surface area contributed by atoms with Crippen molar-refractivity contribution in [1.29, 1.82) is 0 Å². The lowest BCUT2D eigenvalue weighted by Gasteiger charge is -2.13. The van der Waals surface area contributed by atoms with Crippen molar-refractivity contribution in [1.82, 2.24) is 5.32 Å². The van der Waals surface area contributed by atoms with Crippen LogP contribution in [0.15, 0.2) is 108 Å². The molecule has 0 heterocycles. The molecule has 0 saturated carbocycles. The van der Waals surface area contributed by atoms with Crippen molar-refractivity contribution in [2.24, 2.45) is 0 Å². The summed E-state index contributed by atoms with van der Waals surface area (Å²) in [5, 5.41) is 5.58. The van der Waals surface area contributed by atoms with Crippen LogP contribution in [0, 0.1) is 0 Å². The number of hydrogen-bond acceptors (Lipinski definition) is 7. The van der Waals surface area contributed by atoms with Gasteiger partial charge in [-0.2, -0.15) is 0 Å². The van der Waals surface area contributed by atoms with Gasteiger partial charge in [-0.25, -0.2) is 0 Å². The number of ketones is 1. The summed E-state index contributed by atoms with van der Waals surface area (Å²) < 4.78 is 16.0. The van der Waals surface area contributed by atoms with Gasteiger partial charge in [-0.05, 0) is 60.7 Å². The fourth-order valence-corrected chi connectivity index (χ4v) is 4.78. The summed E-state index contributed by atoms with van der Waals surface area (Å²) in [4.78, 5) is 40.0. The van der Waals surface area contributed by atoms with Crippen LogP contribution in [0.5, 0.6) is 17.2 Å². The molecule has 0 fully saturated rings. The minimum Gasteiger partial charge on any atom is -0.497 e. The number of carbonyl (C=O) groups excluding carboxylic acids is 3. The first-order valence-corrected chi connectivity index (χ1v) is 13.9. The highest BCUT2D eigenvalue weighted by Crippen LogP contribution is 2.27. The van der Waals surface area contributed by atoms with E-state index < -0.39 is 11.8 Å². The van der Waals surface area contributed by atoms with E-state index in [1.54, 1.807) is 111 Å². The summed E-state index contributed by atoms with van der Waals surface area (Å²) in [5.74, 6) is 0.855. The molecule has 2 amide bonds. The largest absolute Gasteiger partial charge is 0.497 e. The molecule has 4 aromatic rings. The molecule has 0 radical (unpaired) electrons. The van der Waals surface area contributed by atoms with Crippen LogP contribution in [0.2, 0.25) is 0 Å². The van der Waals surface area contributed by atoms with E-state index in [2.05, 4.69) is 10.6 Å². The summed E-state index contributed by atoms with van der Waals surface area (Å²) >= 11 is 1.35. The molecule has 0 aliphatic heterocycles. The number of methoxy groups -OCH3 is 3. The fourth-order valence-electron chi connectivity index (χ4n) is 3.93. The lowest BCUT2D eigenvalue weighted by atomic mass is 10.1. The summed E-state index contributed by atoms with van der Waals surface area (Å²) in [7, 11) is 4.61. The predicted molar refractivity (Wildman–Crippen MR) is 165 cm³/mol. The van der Waals surface area contributed by atoms with Gasteiger partial charge in [0.05, 0.1) is 27.1 Å². The van der Waals surface area contributed by atoms with Crippen molar-refractivity contribution in [3.8, 4) is 17.2 Å². The third kappa shape index (κ3) is 8.02. The molecule has 0 aliphatic rings. The molecule has 0 bridgehead atoms. The van der Waals surface area contributed by atoms with Gasteiger partial charge in [0, 0.05) is 33.3 Å². The summed E-state index contributed by atoms with van der Waals surface area (Å²) in [6.45, 7) is 0. The molecule has 42 heavy (non-hydrogen) atoms. The molecular weight excluding hydrogens is 552 g/mol. The highest BCUT2D eigenvalue weighted by Gasteiger charge is 2.17. The van der Waals surface area contributed by atoms with Gasteiger partial charge in [0.15, 0.2) is 5.78 Å². The molecule has 0 atom stereocenters. The van der Waals surface area contributed by atoms with E-state index >= 15 is 0 Å². The number of benzene rings is 4. The van der Waals surface area contributed by atoms with E-state index in [0.717, 1.165) is 4.90 Å². The maximum atomic E-state index is 13.5. The molecule has 0 unspecified atom stereocenters. The minimum atomic E-state index is -0.535. The quantitative estimate of drug-likeness (QED) is 0.118. The standard InChI is InChI=1S/C33H30N2O6S/c1-39-26-13-7-11-23(17-26)30(36)21-42-28-14-8-12-25(19-28)34-33(38)29(35-32(37)22-9-5-4-6-10-22)18-24-15-16-27(40-2)20-31(24)41-3/h4-20H,21H2,1-3H3,(H,34,38)(H,35,37)/b29-18-. The molecule has 8 nitrogen and oxygen atoms in total. The van der Waals surface area contributed by atoms with Crippen molar-refractivity contribution in [3.05, 3.63) is 119 Å². The van der Waals surface area contributed by atoms with Gasteiger partial charge >= 0.3 is 0 Å². The van der Waals surface area contributed by atoms with Gasteiger partial charge in [-0.1, -0.05) is 36.4 Å². The zero-order chi connectivity index (χ0) is 29.9. The van der Waals surface area contributed by atoms with Gasteiger partial charge < -0.3 is 24.8 Å². The highest BCUT2D eigenvalue weighted by molar-refractivity contribution is 8.00. The van der Waals surface area contributed by atoms with Crippen LogP contribution in [0.25, 0.3) is 6.08 Å². The maximum absolute atomic E-state index is 13.5. The Morgan fingerprint density at radius 1 is 0.738 bits per heavy atom. The van der Waals surface area contributed by atoms with E-state index in [9.17, 15) is 14.4 Å². The second kappa shape index (κ2) is 14.6. The molecule has 9 heteroatoms. The zero-order valence-corrected chi connectivity index (χ0v) is 24.2. The van der Waals surface area contributed by atoms with Crippen molar-refractivity contribution >= 4 is 41.1 Å². The first kappa shape index (κ1) is 30.0. The van der Waals surface area contributed by atoms with Gasteiger partial charge in [-0.15, -0.1) is 11.8 Å². The van der Waals surface area contributed by atoms with Crippen LogP contribution >= 0.6 is 11.8 Å². The van der Waals surface area contributed by atoms with Crippen LogP contribution in [0.1, 0.15) is 26.3 Å². The van der Waals surface area contributed by atoms with E-state index in [1.807, 2.05) is 6.07 Å². The monoisotopic (exact) mass is 582 g/mol.